The van der Waals surface area contributed by atoms with Crippen molar-refractivity contribution >= 4 is 21.6 Å². The summed E-state index contributed by atoms with van der Waals surface area (Å²) in [5.41, 5.74) is 0.588. The molecule has 2 heterocycles. The summed E-state index contributed by atoms with van der Waals surface area (Å²) in [5.74, 6) is -0.678. The second-order valence-electron chi connectivity index (χ2n) is 7.25. The van der Waals surface area contributed by atoms with Gasteiger partial charge in [-0.3, -0.25) is 4.79 Å². The molecule has 1 N–H and O–H groups in total. The van der Waals surface area contributed by atoms with Gasteiger partial charge in [0.25, 0.3) is 5.91 Å². The van der Waals surface area contributed by atoms with Gasteiger partial charge in [-0.05, 0) is 66.6 Å². The molecule has 3 aromatic rings. The van der Waals surface area contributed by atoms with Crippen molar-refractivity contribution in [3.8, 4) is 5.69 Å². The van der Waals surface area contributed by atoms with E-state index >= 15 is 0 Å². The number of piperidine rings is 1. The molecule has 1 amide bonds. The number of sulfonamides is 1. The van der Waals surface area contributed by atoms with Crippen LogP contribution in [-0.4, -0.2) is 51.9 Å². The SMILES string of the molecule is Cc1nnnn1-c1cc(NC(=O)c2cccc(S(=O)(=O)N3CCCCC3)c2)ccc1F. The van der Waals surface area contributed by atoms with E-state index in [1.165, 1.54) is 51.5 Å². The summed E-state index contributed by atoms with van der Waals surface area (Å²) in [6.45, 7) is 2.58. The topological polar surface area (TPSA) is 110 Å². The average Bonchev–Trinajstić information content (AvgIpc) is 3.21. The van der Waals surface area contributed by atoms with Crippen molar-refractivity contribution < 1.29 is 17.6 Å². The van der Waals surface area contributed by atoms with E-state index in [2.05, 4.69) is 20.8 Å². The van der Waals surface area contributed by atoms with E-state index in [1.807, 2.05) is 0 Å². The average molecular weight is 444 g/mol. The maximum absolute atomic E-state index is 14.2. The van der Waals surface area contributed by atoms with Crippen LogP contribution < -0.4 is 5.32 Å². The Balaban J connectivity index is 1.57. The Hall–Kier alpha value is -3.18. The number of rotatable bonds is 5. The lowest BCUT2D eigenvalue weighted by molar-refractivity contribution is 0.102. The van der Waals surface area contributed by atoms with Crippen LogP contribution >= 0.6 is 0 Å². The zero-order chi connectivity index (χ0) is 22.0. The Morgan fingerprint density at radius 3 is 2.58 bits per heavy atom. The molecule has 1 saturated heterocycles. The van der Waals surface area contributed by atoms with Crippen LogP contribution in [0.15, 0.2) is 47.4 Å². The van der Waals surface area contributed by atoms with Gasteiger partial charge in [-0.25, -0.2) is 12.8 Å². The van der Waals surface area contributed by atoms with Crippen LogP contribution in [0.25, 0.3) is 5.69 Å². The van der Waals surface area contributed by atoms with E-state index in [0.29, 0.717) is 24.6 Å². The number of anilines is 1. The monoisotopic (exact) mass is 444 g/mol. The van der Waals surface area contributed by atoms with Crippen molar-refractivity contribution in [1.82, 2.24) is 24.5 Å². The summed E-state index contributed by atoms with van der Waals surface area (Å²) in [6.07, 6.45) is 2.67. The summed E-state index contributed by atoms with van der Waals surface area (Å²) < 4.78 is 42.7. The van der Waals surface area contributed by atoms with Gasteiger partial charge in [-0.1, -0.05) is 12.5 Å². The molecular weight excluding hydrogens is 423 g/mol. The van der Waals surface area contributed by atoms with Gasteiger partial charge in [0, 0.05) is 24.3 Å². The third-order valence-corrected chi connectivity index (χ3v) is 7.00. The van der Waals surface area contributed by atoms with Crippen LogP contribution in [-0.2, 0) is 10.0 Å². The Morgan fingerprint density at radius 1 is 1.10 bits per heavy atom. The van der Waals surface area contributed by atoms with E-state index in [0.717, 1.165) is 19.3 Å². The number of carbonyl (C=O) groups is 1. The number of aromatic nitrogens is 4. The molecule has 9 nitrogen and oxygen atoms in total. The third kappa shape index (κ3) is 4.32. The molecule has 0 atom stereocenters. The number of tetrazole rings is 1. The van der Waals surface area contributed by atoms with E-state index in [9.17, 15) is 17.6 Å². The highest BCUT2D eigenvalue weighted by molar-refractivity contribution is 7.89. The molecule has 1 aromatic heterocycles. The quantitative estimate of drug-likeness (QED) is 0.648. The van der Waals surface area contributed by atoms with Gasteiger partial charge in [0.15, 0.2) is 5.82 Å². The Bertz CT molecular complexity index is 1220. The summed E-state index contributed by atoms with van der Waals surface area (Å²) in [7, 11) is -3.66. The fourth-order valence-electron chi connectivity index (χ4n) is 3.46. The van der Waals surface area contributed by atoms with E-state index in [1.54, 1.807) is 6.92 Å². The van der Waals surface area contributed by atoms with E-state index < -0.39 is 21.7 Å². The van der Waals surface area contributed by atoms with Crippen molar-refractivity contribution in [3.05, 3.63) is 59.7 Å². The molecule has 1 fully saturated rings. The molecule has 162 valence electrons. The molecule has 0 saturated carbocycles. The highest BCUT2D eigenvalue weighted by Crippen LogP contribution is 2.23. The van der Waals surface area contributed by atoms with Gasteiger partial charge in [0.05, 0.1) is 4.90 Å². The molecular formula is C20H21FN6O3S. The van der Waals surface area contributed by atoms with Gasteiger partial charge in [0.2, 0.25) is 10.0 Å². The molecule has 1 aliphatic heterocycles. The Kier molecular flexibility index (Phi) is 5.79. The molecule has 2 aromatic carbocycles. The number of nitrogens with zero attached hydrogens (tertiary/aromatic N) is 5. The third-order valence-electron chi connectivity index (χ3n) is 5.11. The first-order chi connectivity index (χ1) is 14.9. The highest BCUT2D eigenvalue weighted by atomic mass is 32.2. The standard InChI is InChI=1S/C20H21FN6O3S/c1-14-23-24-25-27(14)19-13-16(8-9-18(19)21)22-20(28)15-6-5-7-17(12-15)31(29,30)26-10-3-2-4-11-26/h5-9,12-13H,2-4,10-11H2,1H3,(H,22,28). The van der Waals surface area contributed by atoms with Gasteiger partial charge < -0.3 is 5.32 Å². The molecule has 31 heavy (non-hydrogen) atoms. The van der Waals surface area contributed by atoms with Crippen LogP contribution in [0.5, 0.6) is 0 Å². The van der Waals surface area contributed by atoms with Crippen molar-refractivity contribution in [1.29, 1.82) is 0 Å². The van der Waals surface area contributed by atoms with Crippen molar-refractivity contribution in [2.45, 2.75) is 31.1 Å². The minimum absolute atomic E-state index is 0.0751. The zero-order valence-electron chi connectivity index (χ0n) is 16.8. The number of nitrogens with one attached hydrogen (secondary N) is 1. The largest absolute Gasteiger partial charge is 0.322 e. The molecule has 0 spiro atoms. The fraction of sp³-hybridized carbons (Fsp3) is 0.300. The molecule has 1 aliphatic rings. The number of carbonyl (C=O) groups excluding carboxylic acids is 1. The zero-order valence-corrected chi connectivity index (χ0v) is 17.6. The number of halogens is 1. The number of benzene rings is 2. The first-order valence-electron chi connectivity index (χ1n) is 9.83. The molecule has 0 aliphatic carbocycles. The first kappa shape index (κ1) is 21.1. The normalized spacial score (nSPS) is 15.0. The Labute approximate surface area is 178 Å². The smallest absolute Gasteiger partial charge is 0.255 e. The van der Waals surface area contributed by atoms with Gasteiger partial charge >= 0.3 is 0 Å². The Morgan fingerprint density at radius 2 is 1.87 bits per heavy atom. The lowest BCUT2D eigenvalue weighted by Crippen LogP contribution is -2.35. The van der Waals surface area contributed by atoms with Crippen LogP contribution in [0.4, 0.5) is 10.1 Å². The van der Waals surface area contributed by atoms with Crippen LogP contribution in [0.3, 0.4) is 0 Å². The second-order valence-corrected chi connectivity index (χ2v) is 9.19. The van der Waals surface area contributed by atoms with Crippen LogP contribution in [0.2, 0.25) is 0 Å². The van der Waals surface area contributed by atoms with E-state index in [4.69, 9.17) is 0 Å². The van der Waals surface area contributed by atoms with Crippen molar-refractivity contribution in [3.63, 3.8) is 0 Å². The lowest BCUT2D eigenvalue weighted by Gasteiger charge is -2.26. The molecule has 11 heteroatoms. The first-order valence-corrected chi connectivity index (χ1v) is 11.3. The summed E-state index contributed by atoms with van der Waals surface area (Å²) in [4.78, 5) is 12.8. The number of hydrogen-bond acceptors (Lipinski definition) is 6. The maximum atomic E-state index is 14.2. The van der Waals surface area contributed by atoms with Crippen LogP contribution in [0, 0.1) is 12.7 Å². The van der Waals surface area contributed by atoms with Gasteiger partial charge in [-0.2, -0.15) is 8.99 Å². The maximum Gasteiger partial charge on any atom is 0.255 e. The summed E-state index contributed by atoms with van der Waals surface area (Å²) >= 11 is 0. The summed E-state index contributed by atoms with van der Waals surface area (Å²) in [5, 5.41) is 13.6. The van der Waals surface area contributed by atoms with E-state index in [-0.39, 0.29) is 16.1 Å². The minimum Gasteiger partial charge on any atom is -0.322 e. The highest BCUT2D eigenvalue weighted by Gasteiger charge is 2.26. The minimum atomic E-state index is -3.66. The van der Waals surface area contributed by atoms with Gasteiger partial charge in [-0.15, -0.1) is 5.10 Å². The van der Waals surface area contributed by atoms with Crippen molar-refractivity contribution in [2.75, 3.05) is 18.4 Å². The molecule has 0 unspecified atom stereocenters. The number of hydrogen-bond donors (Lipinski definition) is 1. The molecule has 4 rings (SSSR count). The van der Waals surface area contributed by atoms with Crippen LogP contribution in [0.1, 0.15) is 35.4 Å². The predicted molar refractivity (Wildman–Crippen MR) is 111 cm³/mol. The summed E-state index contributed by atoms with van der Waals surface area (Å²) in [6, 6.07) is 9.91. The number of aryl methyl sites for hydroxylation is 1. The molecule has 0 radical (unpaired) electrons. The second kappa shape index (κ2) is 8.52. The molecule has 0 bridgehead atoms. The lowest BCUT2D eigenvalue weighted by atomic mass is 10.2. The fourth-order valence-corrected chi connectivity index (χ4v) is 5.03. The van der Waals surface area contributed by atoms with Gasteiger partial charge in [0.1, 0.15) is 11.5 Å². The number of amides is 1. The van der Waals surface area contributed by atoms with Crippen molar-refractivity contribution in [2.24, 2.45) is 0 Å². The predicted octanol–water partition coefficient (Wildman–Crippen LogP) is 2.54.